The molecule has 1 aliphatic heterocycles. The van der Waals surface area contributed by atoms with E-state index >= 15 is 0 Å². The number of halogens is 1. The molecule has 1 atom stereocenters. The molecule has 0 aromatic heterocycles. The number of nitrogens with one attached hydrogen (secondary N) is 2. The summed E-state index contributed by atoms with van der Waals surface area (Å²) in [6.45, 7) is 2.27. The lowest BCUT2D eigenvalue weighted by atomic mass is 9.97. The highest BCUT2D eigenvalue weighted by Gasteiger charge is 2.27. The van der Waals surface area contributed by atoms with E-state index in [0.717, 1.165) is 18.4 Å². The molecule has 7 nitrogen and oxygen atoms in total. The lowest BCUT2D eigenvalue weighted by molar-refractivity contribution is -0.135. The monoisotopic (exact) mass is 396 g/mol. The summed E-state index contributed by atoms with van der Waals surface area (Å²) < 4.78 is 0. The molecule has 1 fully saturated rings. The predicted molar refractivity (Wildman–Crippen MR) is 106 cm³/mol. The lowest BCUT2D eigenvalue weighted by Gasteiger charge is -2.32. The van der Waals surface area contributed by atoms with Crippen molar-refractivity contribution in [3.05, 3.63) is 35.9 Å². The van der Waals surface area contributed by atoms with E-state index in [2.05, 4.69) is 10.6 Å². The van der Waals surface area contributed by atoms with Crippen molar-refractivity contribution in [2.75, 3.05) is 32.7 Å². The Morgan fingerprint density at radius 1 is 1.11 bits per heavy atom. The van der Waals surface area contributed by atoms with Gasteiger partial charge in [-0.05, 0) is 18.4 Å². The first-order valence-electron chi connectivity index (χ1n) is 9.16. The zero-order chi connectivity index (χ0) is 18.8. The molecular weight excluding hydrogens is 368 g/mol. The summed E-state index contributed by atoms with van der Waals surface area (Å²) in [4.78, 5) is 38.0. The summed E-state index contributed by atoms with van der Waals surface area (Å²) in [6.07, 6.45) is 2.15. The highest BCUT2D eigenvalue weighted by Crippen LogP contribution is 2.17. The molecule has 1 aliphatic rings. The van der Waals surface area contributed by atoms with E-state index in [-0.39, 0.29) is 42.5 Å². The maximum atomic E-state index is 12.3. The molecule has 0 spiro atoms. The van der Waals surface area contributed by atoms with Crippen molar-refractivity contribution in [1.82, 2.24) is 15.5 Å². The van der Waals surface area contributed by atoms with Crippen LogP contribution in [0.25, 0.3) is 0 Å². The molecule has 0 saturated carbocycles. The topological polar surface area (TPSA) is 105 Å². The van der Waals surface area contributed by atoms with Crippen molar-refractivity contribution >= 4 is 30.1 Å². The van der Waals surface area contributed by atoms with Crippen LogP contribution in [-0.2, 0) is 20.8 Å². The van der Waals surface area contributed by atoms with Crippen molar-refractivity contribution in [3.63, 3.8) is 0 Å². The number of nitrogens with zero attached hydrogens (tertiary/aromatic N) is 1. The third-order valence-corrected chi connectivity index (χ3v) is 4.46. The maximum absolute atomic E-state index is 12.3. The molecule has 2 rings (SSSR count). The van der Waals surface area contributed by atoms with Crippen LogP contribution in [0.5, 0.6) is 0 Å². The Hall–Kier alpha value is -2.12. The predicted octanol–water partition coefficient (Wildman–Crippen LogP) is 0.471. The average Bonchev–Trinajstić information content (AvgIpc) is 2.66. The number of piperidine rings is 1. The van der Waals surface area contributed by atoms with Crippen LogP contribution < -0.4 is 16.4 Å². The zero-order valence-electron chi connectivity index (χ0n) is 15.5. The first-order valence-corrected chi connectivity index (χ1v) is 9.16. The molecule has 1 aromatic carbocycles. The number of nitrogens with two attached hydrogens (primary N) is 1. The Bertz CT molecular complexity index is 612. The second kappa shape index (κ2) is 12.3. The number of likely N-dealkylation sites (tertiary alicyclic amines) is 1. The summed E-state index contributed by atoms with van der Waals surface area (Å²) in [5, 5.41) is 5.57. The van der Waals surface area contributed by atoms with Crippen LogP contribution in [0.3, 0.4) is 0 Å². The highest BCUT2D eigenvalue weighted by molar-refractivity contribution is 5.85. The normalized spacial score (nSPS) is 16.2. The van der Waals surface area contributed by atoms with Gasteiger partial charge < -0.3 is 21.3 Å². The molecule has 150 valence electrons. The summed E-state index contributed by atoms with van der Waals surface area (Å²) in [5.41, 5.74) is 6.34. The van der Waals surface area contributed by atoms with Gasteiger partial charge >= 0.3 is 0 Å². The third-order valence-electron chi connectivity index (χ3n) is 4.46. The molecule has 4 N–H and O–H groups in total. The minimum atomic E-state index is -0.174. The summed E-state index contributed by atoms with van der Waals surface area (Å²) in [6, 6.07) is 9.48. The Morgan fingerprint density at radius 2 is 1.85 bits per heavy atom. The number of carbonyl (C=O) groups excluding carboxylic acids is 3. The standard InChI is InChI=1S/C19H28N4O3.ClH/c20-9-11-22-19(26)16-7-4-12-23(14-16)18(25)8-10-21-17(24)13-15-5-2-1-3-6-15;/h1-3,5-6,16H,4,7-14,20H2,(H,21,24)(H,22,26);1H. The smallest absolute Gasteiger partial charge is 0.224 e. The van der Waals surface area contributed by atoms with Gasteiger partial charge in [0.25, 0.3) is 0 Å². The Labute approximate surface area is 166 Å². The van der Waals surface area contributed by atoms with Crippen LogP contribution in [0, 0.1) is 5.92 Å². The minimum absolute atomic E-state index is 0. The molecular formula is C19H29ClN4O3. The second-order valence-electron chi connectivity index (χ2n) is 6.52. The number of benzene rings is 1. The quantitative estimate of drug-likeness (QED) is 0.594. The van der Waals surface area contributed by atoms with Gasteiger partial charge in [-0.15, -0.1) is 12.4 Å². The van der Waals surface area contributed by atoms with E-state index in [1.54, 1.807) is 4.90 Å². The van der Waals surface area contributed by atoms with Crippen molar-refractivity contribution in [2.24, 2.45) is 11.7 Å². The molecule has 8 heteroatoms. The van der Waals surface area contributed by atoms with Crippen molar-refractivity contribution in [3.8, 4) is 0 Å². The van der Waals surface area contributed by atoms with Crippen LogP contribution >= 0.6 is 12.4 Å². The van der Waals surface area contributed by atoms with Gasteiger partial charge in [-0.2, -0.15) is 0 Å². The van der Waals surface area contributed by atoms with Crippen LogP contribution in [0.15, 0.2) is 30.3 Å². The number of rotatable bonds is 8. The molecule has 1 aromatic rings. The van der Waals surface area contributed by atoms with Gasteiger partial charge in [-0.25, -0.2) is 0 Å². The fraction of sp³-hybridized carbons (Fsp3) is 0.526. The van der Waals surface area contributed by atoms with Crippen molar-refractivity contribution < 1.29 is 14.4 Å². The number of hydrogen-bond acceptors (Lipinski definition) is 4. The zero-order valence-corrected chi connectivity index (χ0v) is 16.3. The Balaban J connectivity index is 0.00000364. The third kappa shape index (κ3) is 7.97. The van der Waals surface area contributed by atoms with E-state index in [4.69, 9.17) is 5.73 Å². The van der Waals surface area contributed by atoms with Gasteiger partial charge in [0.2, 0.25) is 17.7 Å². The maximum Gasteiger partial charge on any atom is 0.224 e. The van der Waals surface area contributed by atoms with Crippen LogP contribution in [0.2, 0.25) is 0 Å². The Morgan fingerprint density at radius 3 is 2.56 bits per heavy atom. The van der Waals surface area contributed by atoms with Crippen molar-refractivity contribution in [2.45, 2.75) is 25.7 Å². The second-order valence-corrected chi connectivity index (χ2v) is 6.52. The SMILES string of the molecule is Cl.NCCNC(=O)C1CCCN(C(=O)CCNC(=O)Cc2ccccc2)C1. The van der Waals surface area contributed by atoms with Crippen LogP contribution in [0.1, 0.15) is 24.8 Å². The van der Waals surface area contributed by atoms with Gasteiger partial charge in [0.15, 0.2) is 0 Å². The highest BCUT2D eigenvalue weighted by atomic mass is 35.5. The largest absolute Gasteiger partial charge is 0.355 e. The fourth-order valence-corrected chi connectivity index (χ4v) is 3.07. The number of amides is 3. The van der Waals surface area contributed by atoms with Gasteiger partial charge in [0.1, 0.15) is 0 Å². The van der Waals surface area contributed by atoms with E-state index in [0.29, 0.717) is 39.1 Å². The first-order chi connectivity index (χ1) is 12.6. The molecule has 3 amide bonds. The van der Waals surface area contributed by atoms with Gasteiger partial charge in [-0.1, -0.05) is 30.3 Å². The van der Waals surface area contributed by atoms with Gasteiger partial charge in [0, 0.05) is 39.1 Å². The van der Waals surface area contributed by atoms with Crippen LogP contribution in [0.4, 0.5) is 0 Å². The summed E-state index contributed by atoms with van der Waals surface area (Å²) in [7, 11) is 0. The van der Waals surface area contributed by atoms with E-state index in [9.17, 15) is 14.4 Å². The number of hydrogen-bond donors (Lipinski definition) is 3. The van der Waals surface area contributed by atoms with E-state index < -0.39 is 0 Å². The van der Waals surface area contributed by atoms with Crippen LogP contribution in [-0.4, -0.2) is 55.3 Å². The lowest BCUT2D eigenvalue weighted by Crippen LogP contribution is -2.46. The Kier molecular flexibility index (Phi) is 10.4. The summed E-state index contributed by atoms with van der Waals surface area (Å²) >= 11 is 0. The molecule has 1 saturated heterocycles. The van der Waals surface area contributed by atoms with Gasteiger partial charge in [-0.3, -0.25) is 14.4 Å². The average molecular weight is 397 g/mol. The molecule has 1 unspecified atom stereocenters. The van der Waals surface area contributed by atoms with E-state index in [1.165, 1.54) is 0 Å². The summed E-state index contributed by atoms with van der Waals surface area (Å²) in [5.74, 6) is -0.334. The fourth-order valence-electron chi connectivity index (χ4n) is 3.07. The molecule has 27 heavy (non-hydrogen) atoms. The molecule has 0 radical (unpaired) electrons. The molecule has 0 aliphatic carbocycles. The number of carbonyl (C=O) groups is 3. The van der Waals surface area contributed by atoms with Crippen molar-refractivity contribution in [1.29, 1.82) is 0 Å². The molecule has 0 bridgehead atoms. The molecule has 1 heterocycles. The van der Waals surface area contributed by atoms with E-state index in [1.807, 2.05) is 30.3 Å². The minimum Gasteiger partial charge on any atom is -0.355 e. The van der Waals surface area contributed by atoms with Gasteiger partial charge in [0.05, 0.1) is 12.3 Å². The first kappa shape index (κ1) is 22.9.